The first-order valence-electron chi connectivity index (χ1n) is 13.6. The molecule has 5 rings (SSSR count). The van der Waals surface area contributed by atoms with E-state index in [1.165, 1.54) is 83.3 Å². The molecule has 47 heavy (non-hydrogen) atoms. The highest BCUT2D eigenvalue weighted by Gasteiger charge is 2.27. The summed E-state index contributed by atoms with van der Waals surface area (Å²) >= 11 is 0. The van der Waals surface area contributed by atoms with Gasteiger partial charge in [-0.3, -0.25) is 14.3 Å². The van der Waals surface area contributed by atoms with E-state index in [1.54, 1.807) is 6.20 Å². The molecule has 2 heterocycles. The van der Waals surface area contributed by atoms with E-state index in [-0.39, 0.29) is 17.0 Å². The van der Waals surface area contributed by atoms with Gasteiger partial charge in [-0.1, -0.05) is 17.3 Å². The Morgan fingerprint density at radius 2 is 1.57 bits per heavy atom. The molecule has 242 valence electrons. The second-order valence-corrected chi connectivity index (χ2v) is 11.7. The number of nitrogens with zero attached hydrogens (tertiary/aromatic N) is 5. The first-order chi connectivity index (χ1) is 22.4. The molecule has 5 aromatic rings. The lowest BCUT2D eigenvalue weighted by Gasteiger charge is -2.18. The van der Waals surface area contributed by atoms with Gasteiger partial charge >= 0.3 is 11.7 Å². The second-order valence-electron chi connectivity index (χ2n) is 10.1. The Morgan fingerprint density at radius 1 is 0.936 bits per heavy atom. The van der Waals surface area contributed by atoms with E-state index in [2.05, 4.69) is 20.4 Å². The molecule has 0 aliphatic rings. The summed E-state index contributed by atoms with van der Waals surface area (Å²) in [5.74, 6) is -5.02. The van der Waals surface area contributed by atoms with Crippen LogP contribution in [0, 0.1) is 11.6 Å². The number of nitrogens with one attached hydrogen (secondary N) is 2. The van der Waals surface area contributed by atoms with E-state index >= 15 is 8.78 Å². The number of aromatic nitrogens is 5. The molecule has 0 fully saturated rings. The smallest absolute Gasteiger partial charge is 0.335 e. The lowest BCUT2D eigenvalue weighted by Crippen LogP contribution is -2.43. The average Bonchev–Trinajstić information content (AvgIpc) is 3.58. The number of ether oxygens (including phenoxy) is 1. The number of carbonyl (C=O) groups is 2. The monoisotopic (exact) mass is 665 g/mol. The van der Waals surface area contributed by atoms with Crippen LogP contribution in [0.15, 0.2) is 99.8 Å². The predicted octanol–water partition coefficient (Wildman–Crippen LogP) is 1.71. The number of hydrogen-bond donors (Lipinski definition) is 2. The van der Waals surface area contributed by atoms with Gasteiger partial charge in [-0.05, 0) is 54.1 Å². The quantitative estimate of drug-likeness (QED) is 0.210. The molecule has 1 atom stereocenters. The predicted molar refractivity (Wildman–Crippen MR) is 163 cm³/mol. The molecule has 0 saturated carbocycles. The van der Waals surface area contributed by atoms with E-state index in [1.807, 2.05) is 0 Å². The summed E-state index contributed by atoms with van der Waals surface area (Å²) in [5, 5.41) is 9.72. The molecule has 1 amide bonds. The lowest BCUT2D eigenvalue weighted by atomic mass is 10.0. The van der Waals surface area contributed by atoms with Gasteiger partial charge in [-0.2, -0.15) is 0 Å². The Hall–Kier alpha value is -5.97. The molecule has 0 saturated heterocycles. The van der Waals surface area contributed by atoms with Crippen molar-refractivity contribution in [1.82, 2.24) is 29.4 Å². The molecule has 0 spiro atoms. The second kappa shape index (κ2) is 13.2. The van der Waals surface area contributed by atoms with Crippen molar-refractivity contribution < 1.29 is 31.5 Å². The lowest BCUT2D eigenvalue weighted by molar-refractivity contribution is -0.142. The zero-order valence-electron chi connectivity index (χ0n) is 24.6. The fourth-order valence-corrected chi connectivity index (χ4v) is 5.61. The zero-order chi connectivity index (χ0) is 33.9. The third kappa shape index (κ3) is 6.99. The molecule has 14 nitrogen and oxygen atoms in total. The Morgan fingerprint density at radius 3 is 2.17 bits per heavy atom. The number of carbonyl (C=O) groups excluding carboxylic acids is 2. The zero-order valence-corrected chi connectivity index (χ0v) is 25.4. The van der Waals surface area contributed by atoms with Gasteiger partial charge < -0.3 is 14.6 Å². The Bertz CT molecular complexity index is 2160. The van der Waals surface area contributed by atoms with Crippen LogP contribution in [0.2, 0.25) is 0 Å². The normalized spacial score (nSPS) is 11.9. The Labute approximate surface area is 264 Å². The van der Waals surface area contributed by atoms with E-state index < -0.39 is 62.1 Å². The van der Waals surface area contributed by atoms with Crippen LogP contribution in [0.1, 0.15) is 15.9 Å². The van der Waals surface area contributed by atoms with Crippen LogP contribution in [0.3, 0.4) is 0 Å². The molecule has 17 heteroatoms. The van der Waals surface area contributed by atoms with Gasteiger partial charge in [0.25, 0.3) is 21.5 Å². The maximum Gasteiger partial charge on any atom is 0.335 e. The third-order valence-electron chi connectivity index (χ3n) is 6.93. The van der Waals surface area contributed by atoms with Gasteiger partial charge in [0.1, 0.15) is 23.2 Å². The summed E-state index contributed by atoms with van der Waals surface area (Å²) < 4.78 is 66.3. The molecule has 0 aliphatic carbocycles. The Balaban J connectivity index is 1.31. The van der Waals surface area contributed by atoms with Gasteiger partial charge in [0, 0.05) is 25.7 Å². The van der Waals surface area contributed by atoms with Crippen molar-refractivity contribution in [2.45, 2.75) is 17.4 Å². The highest BCUT2D eigenvalue weighted by Crippen LogP contribution is 2.23. The molecule has 0 aliphatic heterocycles. The standard InChI is InChI=1S/C30H25F2N7O7S/c1-37-13-11-26(40)39(30(37)43)21-5-3-18(4-6-21)15-25(29(42)46-2)34-28(41)27-23(31)16-19(17-24(27)32)35-47(44,45)22-9-7-20(8-10-22)38-14-12-33-36-38/h3-14,16-17,25,35H,15H2,1-2H3,(H,34,41)/t25-/m0/s1. The van der Waals surface area contributed by atoms with Crippen molar-refractivity contribution in [2.24, 2.45) is 7.05 Å². The van der Waals surface area contributed by atoms with Gasteiger partial charge in [0.15, 0.2) is 0 Å². The minimum absolute atomic E-state index is 0.183. The van der Waals surface area contributed by atoms with Gasteiger partial charge in [0.2, 0.25) is 0 Å². The van der Waals surface area contributed by atoms with Crippen molar-refractivity contribution in [1.29, 1.82) is 0 Å². The summed E-state index contributed by atoms with van der Waals surface area (Å²) in [6.07, 6.45) is 4.14. The van der Waals surface area contributed by atoms with E-state index in [9.17, 15) is 27.6 Å². The van der Waals surface area contributed by atoms with E-state index in [0.29, 0.717) is 23.4 Å². The van der Waals surface area contributed by atoms with Gasteiger partial charge in [-0.25, -0.2) is 36.0 Å². The molecular weight excluding hydrogens is 640 g/mol. The first-order valence-corrected chi connectivity index (χ1v) is 15.1. The van der Waals surface area contributed by atoms with Crippen molar-refractivity contribution in [3.63, 3.8) is 0 Å². The number of halogens is 2. The SMILES string of the molecule is COC(=O)[C@H](Cc1ccc(-n2c(=O)ccn(C)c2=O)cc1)NC(=O)c1c(F)cc(NS(=O)(=O)c2ccc(-n3ccnn3)cc2)cc1F. The minimum atomic E-state index is -4.29. The van der Waals surface area contributed by atoms with Crippen molar-refractivity contribution >= 4 is 27.6 Å². The van der Waals surface area contributed by atoms with Crippen LogP contribution in [-0.2, 0) is 33.0 Å². The molecule has 2 N–H and O–H groups in total. The summed E-state index contributed by atoms with van der Waals surface area (Å²) in [5.41, 5.74) is -1.46. The van der Waals surface area contributed by atoms with Crippen LogP contribution in [0.4, 0.5) is 14.5 Å². The summed E-state index contributed by atoms with van der Waals surface area (Å²) in [6.45, 7) is 0. The number of amides is 1. The fraction of sp³-hybridized carbons (Fsp3) is 0.133. The number of aryl methyl sites for hydroxylation is 1. The molecule has 0 radical (unpaired) electrons. The molecule has 2 aromatic heterocycles. The van der Waals surface area contributed by atoms with Crippen molar-refractivity contribution in [2.75, 3.05) is 11.8 Å². The van der Waals surface area contributed by atoms with Crippen LogP contribution < -0.4 is 21.3 Å². The Kier molecular flexibility index (Phi) is 9.09. The van der Waals surface area contributed by atoms with Crippen molar-refractivity contribution in [3.8, 4) is 11.4 Å². The number of methoxy groups -OCH3 is 1. The molecule has 0 unspecified atom stereocenters. The fourth-order valence-electron chi connectivity index (χ4n) is 4.57. The van der Waals surface area contributed by atoms with Crippen LogP contribution >= 0.6 is 0 Å². The van der Waals surface area contributed by atoms with Crippen LogP contribution in [0.25, 0.3) is 11.4 Å². The van der Waals surface area contributed by atoms with Crippen LogP contribution in [0.5, 0.6) is 0 Å². The maximum absolute atomic E-state index is 15.1. The summed E-state index contributed by atoms with van der Waals surface area (Å²) in [7, 11) is -1.75. The maximum atomic E-state index is 15.1. The molecule has 0 bridgehead atoms. The highest BCUT2D eigenvalue weighted by atomic mass is 32.2. The number of anilines is 1. The topological polar surface area (TPSA) is 176 Å². The molecule has 3 aromatic carbocycles. The number of hydrogen-bond acceptors (Lipinski definition) is 9. The van der Waals surface area contributed by atoms with E-state index in [0.717, 1.165) is 11.7 Å². The number of rotatable bonds is 10. The third-order valence-corrected chi connectivity index (χ3v) is 8.33. The number of esters is 1. The highest BCUT2D eigenvalue weighted by molar-refractivity contribution is 7.92. The number of benzene rings is 3. The van der Waals surface area contributed by atoms with Gasteiger partial charge in [-0.15, -0.1) is 5.10 Å². The average molecular weight is 666 g/mol. The largest absolute Gasteiger partial charge is 0.467 e. The number of sulfonamides is 1. The van der Waals surface area contributed by atoms with Gasteiger partial charge in [0.05, 0.1) is 41.5 Å². The van der Waals surface area contributed by atoms with E-state index in [4.69, 9.17) is 4.74 Å². The summed E-state index contributed by atoms with van der Waals surface area (Å²) in [4.78, 5) is 49.9. The van der Waals surface area contributed by atoms with Crippen LogP contribution in [-0.4, -0.2) is 57.6 Å². The first kappa shape index (κ1) is 32.4. The van der Waals surface area contributed by atoms with Crippen molar-refractivity contribution in [3.05, 3.63) is 129 Å². The summed E-state index contributed by atoms with van der Waals surface area (Å²) in [6, 6.07) is 12.4. The minimum Gasteiger partial charge on any atom is -0.467 e. The molecular formula is C30H25F2N7O7S.